The van der Waals surface area contributed by atoms with Gasteiger partial charge in [-0.3, -0.25) is 4.79 Å². The fourth-order valence-corrected chi connectivity index (χ4v) is 4.34. The van der Waals surface area contributed by atoms with E-state index < -0.39 is 5.91 Å². The highest BCUT2D eigenvalue weighted by atomic mass is 16.5. The highest BCUT2D eigenvalue weighted by molar-refractivity contribution is 6.09. The topological polar surface area (TPSA) is 102 Å². The van der Waals surface area contributed by atoms with Crippen LogP contribution in [0.3, 0.4) is 0 Å². The lowest BCUT2D eigenvalue weighted by molar-refractivity contribution is 0.100. The molecule has 1 atom stereocenters. The average Bonchev–Trinajstić information content (AvgIpc) is 2.83. The second kappa shape index (κ2) is 8.43. The van der Waals surface area contributed by atoms with E-state index in [-0.39, 0.29) is 6.04 Å². The molecule has 4 aromatic rings. The van der Waals surface area contributed by atoms with Crippen LogP contribution in [0.2, 0.25) is 0 Å². The van der Waals surface area contributed by atoms with Gasteiger partial charge in [0, 0.05) is 18.0 Å². The van der Waals surface area contributed by atoms with Crippen molar-refractivity contribution in [3.8, 4) is 16.9 Å². The predicted molar refractivity (Wildman–Crippen MR) is 127 cm³/mol. The molecule has 7 heteroatoms. The van der Waals surface area contributed by atoms with Crippen LogP contribution < -0.4 is 21.1 Å². The molecule has 0 saturated carbocycles. The van der Waals surface area contributed by atoms with Crippen molar-refractivity contribution in [1.82, 2.24) is 15.3 Å². The van der Waals surface area contributed by atoms with Gasteiger partial charge in [-0.15, -0.1) is 0 Å². The molecular weight excluding hydrogens is 402 g/mol. The monoisotopic (exact) mass is 427 g/mol. The van der Waals surface area contributed by atoms with Crippen LogP contribution in [0.25, 0.3) is 32.8 Å². The molecule has 1 amide bonds. The molecule has 1 aliphatic heterocycles. The zero-order valence-electron chi connectivity index (χ0n) is 17.9. The van der Waals surface area contributed by atoms with Gasteiger partial charge >= 0.3 is 0 Å². The first kappa shape index (κ1) is 20.2. The summed E-state index contributed by atoms with van der Waals surface area (Å²) in [5.74, 6) is 1.03. The number of piperidine rings is 1. The molecule has 0 bridgehead atoms. The summed E-state index contributed by atoms with van der Waals surface area (Å²) >= 11 is 0. The number of ether oxygens (including phenoxy) is 1. The number of primary amides is 1. The normalized spacial score (nSPS) is 16.2. The van der Waals surface area contributed by atoms with Crippen LogP contribution in [-0.2, 0) is 0 Å². The van der Waals surface area contributed by atoms with Gasteiger partial charge in [-0.2, -0.15) is 0 Å². The molecular formula is C25H25N5O2. The summed E-state index contributed by atoms with van der Waals surface area (Å²) in [7, 11) is 1.66. The van der Waals surface area contributed by atoms with Crippen molar-refractivity contribution in [2.45, 2.75) is 18.9 Å². The van der Waals surface area contributed by atoms with E-state index in [0.717, 1.165) is 64.8 Å². The molecule has 0 spiro atoms. The lowest BCUT2D eigenvalue weighted by Crippen LogP contribution is -2.38. The Morgan fingerprint density at radius 2 is 1.94 bits per heavy atom. The third kappa shape index (κ3) is 3.83. The summed E-state index contributed by atoms with van der Waals surface area (Å²) in [6, 6.07) is 16.3. The molecule has 32 heavy (non-hydrogen) atoms. The van der Waals surface area contributed by atoms with Crippen LogP contribution in [0.4, 0.5) is 5.82 Å². The fourth-order valence-electron chi connectivity index (χ4n) is 4.34. The van der Waals surface area contributed by atoms with Crippen LogP contribution in [0.1, 0.15) is 23.2 Å². The van der Waals surface area contributed by atoms with Crippen molar-refractivity contribution >= 4 is 33.4 Å². The van der Waals surface area contributed by atoms with Gasteiger partial charge in [0.25, 0.3) is 5.91 Å². The standard InChI is InChI=1S/C25H25N5O2/c1-32-20-7-6-15-9-16(4-5-17(15)10-20)18-11-21(24(26)31)23-22(12-18)25(29-14-28-23)30-19-3-2-8-27-13-19/h4-7,9-12,14,19,27H,2-3,8,13H2,1H3,(H2,26,31)(H,28,29,30)/t19-/m0/s1. The summed E-state index contributed by atoms with van der Waals surface area (Å²) in [6.45, 7) is 1.91. The fraction of sp³-hybridized carbons (Fsp3) is 0.240. The largest absolute Gasteiger partial charge is 0.497 e. The number of nitrogens with zero attached hydrogens (tertiary/aromatic N) is 2. The number of carbonyl (C=O) groups excluding carboxylic acids is 1. The summed E-state index contributed by atoms with van der Waals surface area (Å²) < 4.78 is 5.33. The number of nitrogens with one attached hydrogen (secondary N) is 2. The van der Waals surface area contributed by atoms with Gasteiger partial charge in [0.15, 0.2) is 0 Å². The van der Waals surface area contributed by atoms with E-state index in [0.29, 0.717) is 11.1 Å². The summed E-state index contributed by atoms with van der Waals surface area (Å²) in [6.07, 6.45) is 3.66. The lowest BCUT2D eigenvalue weighted by Gasteiger charge is -2.25. The highest BCUT2D eigenvalue weighted by Gasteiger charge is 2.18. The van der Waals surface area contributed by atoms with Crippen molar-refractivity contribution in [3.05, 3.63) is 60.4 Å². The molecule has 1 aliphatic rings. The smallest absolute Gasteiger partial charge is 0.250 e. The van der Waals surface area contributed by atoms with Gasteiger partial charge in [0.2, 0.25) is 0 Å². The van der Waals surface area contributed by atoms with E-state index in [1.165, 1.54) is 6.33 Å². The van der Waals surface area contributed by atoms with Gasteiger partial charge in [0.1, 0.15) is 17.9 Å². The van der Waals surface area contributed by atoms with Crippen molar-refractivity contribution < 1.29 is 9.53 Å². The van der Waals surface area contributed by atoms with Crippen LogP contribution in [0.5, 0.6) is 5.75 Å². The number of carbonyl (C=O) groups is 1. The summed E-state index contributed by atoms with van der Waals surface area (Å²) in [5, 5.41) is 9.89. The zero-order valence-corrected chi connectivity index (χ0v) is 17.9. The molecule has 3 aromatic carbocycles. The van der Waals surface area contributed by atoms with Crippen LogP contribution in [0, 0.1) is 0 Å². The molecule has 5 rings (SSSR count). The first-order valence-corrected chi connectivity index (χ1v) is 10.8. The Hall–Kier alpha value is -3.71. The number of hydrogen-bond acceptors (Lipinski definition) is 6. The Morgan fingerprint density at radius 1 is 1.09 bits per heavy atom. The second-order valence-electron chi connectivity index (χ2n) is 8.12. The van der Waals surface area contributed by atoms with Crippen molar-refractivity contribution in [2.75, 3.05) is 25.5 Å². The zero-order chi connectivity index (χ0) is 22.1. The van der Waals surface area contributed by atoms with Crippen LogP contribution >= 0.6 is 0 Å². The summed E-state index contributed by atoms with van der Waals surface area (Å²) in [5.41, 5.74) is 8.57. The van der Waals surface area contributed by atoms with E-state index in [2.05, 4.69) is 32.7 Å². The van der Waals surface area contributed by atoms with E-state index in [1.807, 2.05) is 36.4 Å². The molecule has 7 nitrogen and oxygen atoms in total. The molecule has 0 unspecified atom stereocenters. The molecule has 1 saturated heterocycles. The number of methoxy groups -OCH3 is 1. The van der Waals surface area contributed by atoms with Gasteiger partial charge in [-0.05, 0) is 71.6 Å². The number of anilines is 1. The number of benzene rings is 3. The van der Waals surface area contributed by atoms with Crippen molar-refractivity contribution in [2.24, 2.45) is 5.73 Å². The first-order chi connectivity index (χ1) is 15.6. The number of amides is 1. The third-order valence-corrected chi connectivity index (χ3v) is 6.02. The number of aromatic nitrogens is 2. The Morgan fingerprint density at radius 3 is 2.72 bits per heavy atom. The number of hydrogen-bond donors (Lipinski definition) is 3. The Balaban J connectivity index is 1.63. The van der Waals surface area contributed by atoms with E-state index >= 15 is 0 Å². The van der Waals surface area contributed by atoms with E-state index in [4.69, 9.17) is 10.5 Å². The minimum Gasteiger partial charge on any atom is -0.497 e. The van der Waals surface area contributed by atoms with E-state index in [9.17, 15) is 4.79 Å². The molecule has 0 radical (unpaired) electrons. The second-order valence-corrected chi connectivity index (χ2v) is 8.12. The number of nitrogens with two attached hydrogens (primary N) is 1. The Bertz CT molecular complexity index is 1310. The highest BCUT2D eigenvalue weighted by Crippen LogP contribution is 2.32. The summed E-state index contributed by atoms with van der Waals surface area (Å²) in [4.78, 5) is 21.2. The molecule has 1 aromatic heterocycles. The SMILES string of the molecule is COc1ccc2cc(-c3cc(C(N)=O)c4ncnc(N[C@H]5CCCNC5)c4c3)ccc2c1. The predicted octanol–water partition coefficient (Wildman–Crippen LogP) is 3.72. The molecule has 162 valence electrons. The third-order valence-electron chi connectivity index (χ3n) is 6.02. The van der Waals surface area contributed by atoms with Crippen LogP contribution in [0.15, 0.2) is 54.9 Å². The number of fused-ring (bicyclic) bond motifs is 2. The maximum absolute atomic E-state index is 12.3. The molecule has 1 fully saturated rings. The molecule has 0 aliphatic carbocycles. The van der Waals surface area contributed by atoms with Gasteiger partial charge < -0.3 is 21.1 Å². The van der Waals surface area contributed by atoms with E-state index in [1.54, 1.807) is 7.11 Å². The minimum atomic E-state index is -0.508. The van der Waals surface area contributed by atoms with Gasteiger partial charge in [-0.25, -0.2) is 9.97 Å². The quantitative estimate of drug-likeness (QED) is 0.449. The lowest BCUT2D eigenvalue weighted by atomic mass is 9.97. The van der Waals surface area contributed by atoms with Crippen molar-refractivity contribution in [1.29, 1.82) is 0 Å². The van der Waals surface area contributed by atoms with Gasteiger partial charge in [-0.1, -0.05) is 18.2 Å². The Labute approximate surface area is 186 Å². The maximum Gasteiger partial charge on any atom is 0.250 e. The molecule has 4 N–H and O–H groups in total. The molecule has 2 heterocycles. The average molecular weight is 428 g/mol. The number of rotatable bonds is 5. The maximum atomic E-state index is 12.3. The minimum absolute atomic E-state index is 0.276. The van der Waals surface area contributed by atoms with Gasteiger partial charge in [0.05, 0.1) is 18.2 Å². The van der Waals surface area contributed by atoms with Crippen molar-refractivity contribution in [3.63, 3.8) is 0 Å². The Kier molecular flexibility index (Phi) is 5.33. The van der Waals surface area contributed by atoms with Crippen LogP contribution in [-0.4, -0.2) is 42.1 Å². The first-order valence-electron chi connectivity index (χ1n) is 10.8.